The molecule has 0 aromatic rings. The Balaban J connectivity index is 3.80. The van der Waals surface area contributed by atoms with Gasteiger partial charge in [-0.05, 0) is 18.3 Å². The van der Waals surface area contributed by atoms with Gasteiger partial charge < -0.3 is 5.73 Å². The average molecular weight is 253 g/mol. The van der Waals surface area contributed by atoms with Crippen LogP contribution in [0.15, 0.2) is 0 Å². The molecule has 0 aliphatic carbocycles. The second-order valence-electron chi connectivity index (χ2n) is 5.74. The van der Waals surface area contributed by atoms with Crippen LogP contribution in [0, 0.1) is 5.41 Å². The summed E-state index contributed by atoms with van der Waals surface area (Å²) >= 11 is 0. The van der Waals surface area contributed by atoms with E-state index in [0.29, 0.717) is 6.42 Å². The maximum atomic E-state index is 11.9. The van der Waals surface area contributed by atoms with Gasteiger partial charge in [-0.3, -0.25) is 4.79 Å². The average Bonchev–Trinajstić information content (AvgIpc) is 1.96. The molecule has 0 radical (unpaired) electrons. The minimum absolute atomic E-state index is 0.0304. The molecule has 0 aliphatic heterocycles. The SMILES string of the molecule is CC(C)(C)CC(N)CC(=O)CCCC(F)(F)F. The second kappa shape index (κ2) is 6.38. The van der Waals surface area contributed by atoms with Crippen LogP contribution in [0.4, 0.5) is 13.2 Å². The lowest BCUT2D eigenvalue weighted by Crippen LogP contribution is -2.29. The molecule has 0 amide bonds. The quantitative estimate of drug-likeness (QED) is 0.788. The monoisotopic (exact) mass is 253 g/mol. The van der Waals surface area contributed by atoms with E-state index < -0.39 is 12.6 Å². The zero-order valence-corrected chi connectivity index (χ0v) is 10.7. The predicted octanol–water partition coefficient (Wildman–Crippen LogP) is 3.44. The fourth-order valence-corrected chi connectivity index (χ4v) is 1.74. The van der Waals surface area contributed by atoms with Crippen molar-refractivity contribution in [3.63, 3.8) is 0 Å². The molecule has 1 unspecified atom stereocenters. The highest BCUT2D eigenvalue weighted by atomic mass is 19.4. The van der Waals surface area contributed by atoms with Crippen molar-refractivity contribution < 1.29 is 18.0 Å². The Morgan fingerprint density at radius 3 is 2.18 bits per heavy atom. The third-order valence-corrected chi connectivity index (χ3v) is 2.28. The summed E-state index contributed by atoms with van der Waals surface area (Å²) in [5, 5.41) is 0. The lowest BCUT2D eigenvalue weighted by molar-refractivity contribution is -0.137. The topological polar surface area (TPSA) is 43.1 Å². The minimum atomic E-state index is -4.17. The molecule has 2 N–H and O–H groups in total. The molecule has 2 nitrogen and oxygen atoms in total. The Bertz CT molecular complexity index is 243. The second-order valence-corrected chi connectivity index (χ2v) is 5.74. The van der Waals surface area contributed by atoms with Crippen LogP contribution >= 0.6 is 0 Å². The summed E-state index contributed by atoms with van der Waals surface area (Å²) in [4.78, 5) is 11.4. The number of nitrogens with two attached hydrogens (primary N) is 1. The van der Waals surface area contributed by atoms with Crippen LogP contribution < -0.4 is 5.73 Å². The first-order valence-corrected chi connectivity index (χ1v) is 5.84. The van der Waals surface area contributed by atoms with E-state index in [4.69, 9.17) is 5.73 Å². The van der Waals surface area contributed by atoms with E-state index in [2.05, 4.69) is 0 Å². The van der Waals surface area contributed by atoms with E-state index in [0.717, 1.165) is 0 Å². The van der Waals surface area contributed by atoms with Crippen molar-refractivity contribution in [2.75, 3.05) is 0 Å². The molecule has 1 atom stereocenters. The summed E-state index contributed by atoms with van der Waals surface area (Å²) in [5.41, 5.74) is 5.81. The van der Waals surface area contributed by atoms with Crippen LogP contribution in [0.25, 0.3) is 0 Å². The highest BCUT2D eigenvalue weighted by Crippen LogP contribution is 2.24. The van der Waals surface area contributed by atoms with E-state index in [1.807, 2.05) is 20.8 Å². The van der Waals surface area contributed by atoms with E-state index >= 15 is 0 Å². The summed E-state index contributed by atoms with van der Waals surface area (Å²) in [6.07, 6.45) is -4.36. The number of hydrogen-bond donors (Lipinski definition) is 1. The Labute approximate surface area is 101 Å². The third-order valence-electron chi connectivity index (χ3n) is 2.28. The molecule has 0 rings (SSSR count). The van der Waals surface area contributed by atoms with Gasteiger partial charge in [-0.1, -0.05) is 20.8 Å². The Morgan fingerprint density at radius 1 is 1.24 bits per heavy atom. The van der Waals surface area contributed by atoms with E-state index in [9.17, 15) is 18.0 Å². The van der Waals surface area contributed by atoms with Crippen LogP contribution in [0.1, 0.15) is 52.9 Å². The van der Waals surface area contributed by atoms with Crippen molar-refractivity contribution in [3.8, 4) is 0 Å². The van der Waals surface area contributed by atoms with Crippen LogP contribution in [0.5, 0.6) is 0 Å². The smallest absolute Gasteiger partial charge is 0.327 e. The van der Waals surface area contributed by atoms with E-state index in [1.54, 1.807) is 0 Å². The van der Waals surface area contributed by atoms with Gasteiger partial charge in [-0.2, -0.15) is 13.2 Å². The van der Waals surface area contributed by atoms with Crippen molar-refractivity contribution in [1.82, 2.24) is 0 Å². The Morgan fingerprint density at radius 2 is 1.76 bits per heavy atom. The molecule has 0 heterocycles. The van der Waals surface area contributed by atoms with Gasteiger partial charge in [0.15, 0.2) is 0 Å². The number of carbonyl (C=O) groups is 1. The molecule has 5 heteroatoms. The summed E-state index contributed by atoms with van der Waals surface area (Å²) in [5.74, 6) is -0.175. The summed E-state index contributed by atoms with van der Waals surface area (Å²) in [6, 6.07) is -0.256. The Kier molecular flexibility index (Phi) is 6.16. The van der Waals surface area contributed by atoms with Crippen LogP contribution in [0.3, 0.4) is 0 Å². The molecule has 0 fully saturated rings. The Hall–Kier alpha value is -0.580. The number of rotatable bonds is 6. The molecular weight excluding hydrogens is 231 g/mol. The van der Waals surface area contributed by atoms with Crippen molar-refractivity contribution >= 4 is 5.78 Å². The van der Waals surface area contributed by atoms with Crippen LogP contribution in [0.2, 0.25) is 0 Å². The zero-order chi connectivity index (χ0) is 13.7. The van der Waals surface area contributed by atoms with Gasteiger partial charge in [0.2, 0.25) is 0 Å². The summed E-state index contributed by atoms with van der Waals surface area (Å²) in [6.45, 7) is 6.04. The predicted molar refractivity (Wildman–Crippen MR) is 61.6 cm³/mol. The molecular formula is C12H22F3NO. The zero-order valence-electron chi connectivity index (χ0n) is 10.7. The number of halogens is 3. The maximum absolute atomic E-state index is 11.9. The van der Waals surface area contributed by atoms with Crippen molar-refractivity contribution in [2.24, 2.45) is 11.1 Å². The lowest BCUT2D eigenvalue weighted by Gasteiger charge is -2.22. The molecule has 102 valence electrons. The lowest BCUT2D eigenvalue weighted by atomic mass is 9.86. The molecule has 0 aromatic carbocycles. The number of carbonyl (C=O) groups excluding carboxylic acids is 1. The molecule has 0 aliphatic rings. The number of ketones is 1. The van der Waals surface area contributed by atoms with Crippen molar-refractivity contribution in [2.45, 2.75) is 65.1 Å². The van der Waals surface area contributed by atoms with Crippen molar-refractivity contribution in [1.29, 1.82) is 0 Å². The summed E-state index contributed by atoms with van der Waals surface area (Å²) in [7, 11) is 0. The highest BCUT2D eigenvalue weighted by molar-refractivity contribution is 5.78. The van der Waals surface area contributed by atoms with Crippen molar-refractivity contribution in [3.05, 3.63) is 0 Å². The van der Waals surface area contributed by atoms with Gasteiger partial charge in [0.1, 0.15) is 5.78 Å². The number of hydrogen-bond acceptors (Lipinski definition) is 2. The van der Waals surface area contributed by atoms with Gasteiger partial charge in [0.05, 0.1) is 0 Å². The first-order chi connectivity index (χ1) is 7.49. The normalized spacial score (nSPS) is 14.8. The molecule has 0 aromatic heterocycles. The van der Waals surface area contributed by atoms with Gasteiger partial charge in [0.25, 0.3) is 0 Å². The molecule has 0 saturated carbocycles. The number of Topliss-reactive ketones (excluding diaryl/α,β-unsaturated/α-hetero) is 1. The molecule has 0 spiro atoms. The van der Waals surface area contributed by atoms with Gasteiger partial charge in [-0.15, -0.1) is 0 Å². The summed E-state index contributed by atoms with van der Waals surface area (Å²) < 4.78 is 35.6. The van der Waals surface area contributed by atoms with Crippen LogP contribution in [-0.2, 0) is 4.79 Å². The van der Waals surface area contributed by atoms with E-state index in [1.165, 1.54) is 0 Å². The minimum Gasteiger partial charge on any atom is -0.327 e. The maximum Gasteiger partial charge on any atom is 0.389 e. The van der Waals surface area contributed by atoms with Gasteiger partial charge >= 0.3 is 6.18 Å². The fourth-order valence-electron chi connectivity index (χ4n) is 1.74. The molecule has 0 saturated heterocycles. The third kappa shape index (κ3) is 11.7. The number of alkyl halides is 3. The standard InChI is InChI=1S/C12H22F3NO/c1-11(2,3)8-9(16)7-10(17)5-4-6-12(13,14)15/h9H,4-8,16H2,1-3H3. The van der Waals surface area contributed by atoms with Gasteiger partial charge in [0, 0.05) is 25.3 Å². The first-order valence-electron chi connectivity index (χ1n) is 5.84. The van der Waals surface area contributed by atoms with Gasteiger partial charge in [-0.25, -0.2) is 0 Å². The fraction of sp³-hybridized carbons (Fsp3) is 0.917. The highest BCUT2D eigenvalue weighted by Gasteiger charge is 2.26. The largest absolute Gasteiger partial charge is 0.389 e. The molecule has 17 heavy (non-hydrogen) atoms. The first kappa shape index (κ1) is 16.4. The van der Waals surface area contributed by atoms with Crippen LogP contribution in [-0.4, -0.2) is 18.0 Å². The molecule has 0 bridgehead atoms. The van der Waals surface area contributed by atoms with E-state index in [-0.39, 0.29) is 36.5 Å².